The van der Waals surface area contributed by atoms with Gasteiger partial charge >= 0.3 is 0 Å². The number of hydrogen-bond donors (Lipinski definition) is 1. The number of anilines is 1. The van der Waals surface area contributed by atoms with Gasteiger partial charge in [0.25, 0.3) is 0 Å². The summed E-state index contributed by atoms with van der Waals surface area (Å²) in [4.78, 5) is 14.6. The van der Waals surface area contributed by atoms with Crippen molar-refractivity contribution < 1.29 is 4.79 Å². The summed E-state index contributed by atoms with van der Waals surface area (Å²) in [6, 6.07) is 17.8. The van der Waals surface area contributed by atoms with E-state index in [2.05, 4.69) is 16.3 Å². The summed E-state index contributed by atoms with van der Waals surface area (Å²) in [5.74, 6) is 0.0424. The zero-order chi connectivity index (χ0) is 15.2. The summed E-state index contributed by atoms with van der Waals surface area (Å²) in [5, 5.41) is 3.34. The Labute approximate surface area is 131 Å². The van der Waals surface area contributed by atoms with Crippen LogP contribution in [-0.4, -0.2) is 32.0 Å². The number of nitrogens with one attached hydrogen (secondary N) is 1. The van der Waals surface area contributed by atoms with Crippen LogP contribution in [0.1, 0.15) is 15.9 Å². The molecule has 1 saturated heterocycles. The number of allylic oxidation sites excluding steroid dienone is 1. The largest absolute Gasteiger partial charge is 0.369 e. The molecule has 1 fully saturated rings. The first-order chi connectivity index (χ1) is 10.8. The Balaban J connectivity index is 1.74. The van der Waals surface area contributed by atoms with Gasteiger partial charge in [0.05, 0.1) is 0 Å². The second kappa shape index (κ2) is 7.05. The standard InChI is InChI=1S/C19H20N2O/c22-19(10-9-16-5-2-1-3-6-16)17-7-4-8-18(15-17)21-13-11-20-12-14-21/h1-10,15,20H,11-14H2/b10-9+. The summed E-state index contributed by atoms with van der Waals surface area (Å²) in [7, 11) is 0. The summed E-state index contributed by atoms with van der Waals surface area (Å²) in [6.07, 6.45) is 3.51. The Morgan fingerprint density at radius 1 is 1.00 bits per heavy atom. The summed E-state index contributed by atoms with van der Waals surface area (Å²) >= 11 is 0. The SMILES string of the molecule is O=C(/C=C/c1ccccc1)c1cccc(N2CCNCC2)c1. The molecule has 2 aromatic rings. The average Bonchev–Trinajstić information content (AvgIpc) is 2.61. The highest BCUT2D eigenvalue weighted by Crippen LogP contribution is 2.17. The van der Waals surface area contributed by atoms with E-state index in [-0.39, 0.29) is 5.78 Å². The molecule has 3 heteroatoms. The van der Waals surface area contributed by atoms with Crippen LogP contribution < -0.4 is 10.2 Å². The first-order valence-corrected chi connectivity index (χ1v) is 7.66. The predicted molar refractivity (Wildman–Crippen MR) is 91.3 cm³/mol. The smallest absolute Gasteiger partial charge is 0.185 e. The first-order valence-electron chi connectivity index (χ1n) is 7.66. The second-order valence-corrected chi connectivity index (χ2v) is 5.40. The molecule has 0 amide bonds. The Hall–Kier alpha value is -2.39. The molecule has 112 valence electrons. The van der Waals surface area contributed by atoms with Crippen LogP contribution in [0.4, 0.5) is 5.69 Å². The molecule has 1 N–H and O–H groups in total. The van der Waals surface area contributed by atoms with E-state index < -0.39 is 0 Å². The van der Waals surface area contributed by atoms with E-state index in [4.69, 9.17) is 0 Å². The Kier molecular flexibility index (Phi) is 4.66. The fraction of sp³-hybridized carbons (Fsp3) is 0.211. The van der Waals surface area contributed by atoms with Crippen molar-refractivity contribution in [1.82, 2.24) is 5.32 Å². The highest BCUT2D eigenvalue weighted by Gasteiger charge is 2.11. The maximum Gasteiger partial charge on any atom is 0.185 e. The molecule has 1 heterocycles. The number of benzene rings is 2. The third-order valence-electron chi connectivity index (χ3n) is 3.84. The molecular weight excluding hydrogens is 272 g/mol. The lowest BCUT2D eigenvalue weighted by Gasteiger charge is -2.29. The highest BCUT2D eigenvalue weighted by atomic mass is 16.1. The zero-order valence-corrected chi connectivity index (χ0v) is 12.5. The molecule has 0 spiro atoms. The number of hydrogen-bond acceptors (Lipinski definition) is 3. The van der Waals surface area contributed by atoms with Crippen molar-refractivity contribution in [2.45, 2.75) is 0 Å². The summed E-state index contributed by atoms with van der Waals surface area (Å²) in [5.41, 5.74) is 2.90. The third-order valence-corrected chi connectivity index (χ3v) is 3.84. The molecule has 0 aliphatic carbocycles. The molecule has 0 aromatic heterocycles. The number of rotatable bonds is 4. The molecule has 1 aliphatic heterocycles. The lowest BCUT2D eigenvalue weighted by atomic mass is 10.1. The number of carbonyl (C=O) groups is 1. The van der Waals surface area contributed by atoms with Gasteiger partial charge in [-0.3, -0.25) is 4.79 Å². The lowest BCUT2D eigenvalue weighted by molar-refractivity contribution is 0.104. The van der Waals surface area contributed by atoms with Crippen LogP contribution in [0.3, 0.4) is 0 Å². The number of nitrogens with zero attached hydrogens (tertiary/aromatic N) is 1. The van der Waals surface area contributed by atoms with E-state index in [9.17, 15) is 4.79 Å². The fourth-order valence-electron chi connectivity index (χ4n) is 2.61. The van der Waals surface area contributed by atoms with Gasteiger partial charge in [-0.15, -0.1) is 0 Å². The molecule has 0 radical (unpaired) electrons. The van der Waals surface area contributed by atoms with Crippen LogP contribution in [0.2, 0.25) is 0 Å². The van der Waals surface area contributed by atoms with E-state index in [1.165, 1.54) is 0 Å². The Bertz CT molecular complexity index is 658. The minimum Gasteiger partial charge on any atom is -0.369 e. The minimum absolute atomic E-state index is 0.0424. The summed E-state index contributed by atoms with van der Waals surface area (Å²) in [6.45, 7) is 3.95. The van der Waals surface area contributed by atoms with E-state index in [1.807, 2.05) is 54.6 Å². The quantitative estimate of drug-likeness (QED) is 0.694. The topological polar surface area (TPSA) is 32.3 Å². The Morgan fingerprint density at radius 3 is 2.55 bits per heavy atom. The van der Waals surface area contributed by atoms with E-state index >= 15 is 0 Å². The van der Waals surface area contributed by atoms with Crippen LogP contribution in [0.5, 0.6) is 0 Å². The van der Waals surface area contributed by atoms with Gasteiger partial charge in [-0.05, 0) is 23.8 Å². The van der Waals surface area contributed by atoms with Gasteiger partial charge in [-0.1, -0.05) is 48.5 Å². The second-order valence-electron chi connectivity index (χ2n) is 5.40. The molecule has 3 rings (SSSR count). The van der Waals surface area contributed by atoms with E-state index in [0.717, 1.165) is 43.0 Å². The van der Waals surface area contributed by atoms with E-state index in [1.54, 1.807) is 6.08 Å². The average molecular weight is 292 g/mol. The molecule has 0 unspecified atom stereocenters. The van der Waals surface area contributed by atoms with Gasteiger partial charge in [0.1, 0.15) is 0 Å². The molecule has 2 aromatic carbocycles. The number of carbonyl (C=O) groups excluding carboxylic acids is 1. The van der Waals surface area contributed by atoms with Gasteiger partial charge in [-0.25, -0.2) is 0 Å². The van der Waals surface area contributed by atoms with Crippen LogP contribution in [0, 0.1) is 0 Å². The lowest BCUT2D eigenvalue weighted by Crippen LogP contribution is -2.43. The summed E-state index contributed by atoms with van der Waals surface area (Å²) < 4.78 is 0. The van der Waals surface area contributed by atoms with Crippen molar-refractivity contribution >= 4 is 17.5 Å². The van der Waals surface area contributed by atoms with Crippen molar-refractivity contribution in [1.29, 1.82) is 0 Å². The molecule has 0 atom stereocenters. The molecular formula is C19H20N2O. The predicted octanol–water partition coefficient (Wildman–Crippen LogP) is 2.99. The van der Waals surface area contributed by atoms with Gasteiger partial charge in [-0.2, -0.15) is 0 Å². The van der Waals surface area contributed by atoms with Crippen molar-refractivity contribution in [2.75, 3.05) is 31.1 Å². The molecule has 3 nitrogen and oxygen atoms in total. The maximum atomic E-state index is 12.3. The molecule has 1 aliphatic rings. The Morgan fingerprint density at radius 2 is 1.77 bits per heavy atom. The van der Waals surface area contributed by atoms with Gasteiger partial charge in [0.15, 0.2) is 5.78 Å². The normalized spacial score (nSPS) is 15.2. The monoisotopic (exact) mass is 292 g/mol. The first kappa shape index (κ1) is 14.5. The van der Waals surface area contributed by atoms with Gasteiger partial charge in [0.2, 0.25) is 0 Å². The van der Waals surface area contributed by atoms with Crippen molar-refractivity contribution in [3.8, 4) is 0 Å². The van der Waals surface area contributed by atoms with Crippen LogP contribution >= 0.6 is 0 Å². The molecule has 0 saturated carbocycles. The third kappa shape index (κ3) is 3.62. The number of ketones is 1. The van der Waals surface area contributed by atoms with Crippen LogP contribution in [-0.2, 0) is 0 Å². The zero-order valence-electron chi connectivity index (χ0n) is 12.5. The van der Waals surface area contributed by atoms with Gasteiger partial charge in [0, 0.05) is 37.4 Å². The van der Waals surface area contributed by atoms with Crippen LogP contribution in [0.25, 0.3) is 6.08 Å². The van der Waals surface area contributed by atoms with Crippen molar-refractivity contribution in [3.05, 3.63) is 71.8 Å². The fourth-order valence-corrected chi connectivity index (χ4v) is 2.61. The van der Waals surface area contributed by atoms with Gasteiger partial charge < -0.3 is 10.2 Å². The van der Waals surface area contributed by atoms with Crippen molar-refractivity contribution in [2.24, 2.45) is 0 Å². The van der Waals surface area contributed by atoms with Crippen LogP contribution in [0.15, 0.2) is 60.7 Å². The minimum atomic E-state index is 0.0424. The van der Waals surface area contributed by atoms with Crippen molar-refractivity contribution in [3.63, 3.8) is 0 Å². The highest BCUT2D eigenvalue weighted by molar-refractivity contribution is 6.07. The number of piperazine rings is 1. The molecule has 0 bridgehead atoms. The maximum absolute atomic E-state index is 12.3. The molecule has 22 heavy (non-hydrogen) atoms. The van der Waals surface area contributed by atoms with E-state index in [0.29, 0.717) is 0 Å².